The molecular formula is C19H23N3O3. The molecule has 1 amide bonds. The molecule has 0 aliphatic heterocycles. The number of aromatic nitrogens is 1. The molecule has 0 aromatic carbocycles. The third-order valence-corrected chi connectivity index (χ3v) is 4.45. The van der Waals surface area contributed by atoms with E-state index in [1.54, 1.807) is 13.8 Å². The van der Waals surface area contributed by atoms with Crippen LogP contribution in [-0.2, 0) is 11.2 Å². The van der Waals surface area contributed by atoms with E-state index in [1.165, 1.54) is 0 Å². The number of furan rings is 1. The molecule has 1 atom stereocenters. The molecule has 25 heavy (non-hydrogen) atoms. The van der Waals surface area contributed by atoms with Crippen molar-refractivity contribution in [2.24, 2.45) is 0 Å². The van der Waals surface area contributed by atoms with Crippen LogP contribution < -0.4 is 10.9 Å². The Morgan fingerprint density at radius 3 is 2.60 bits per heavy atom. The molecule has 2 aromatic rings. The summed E-state index contributed by atoms with van der Waals surface area (Å²) in [5, 5.41) is 12.1. The van der Waals surface area contributed by atoms with Gasteiger partial charge in [0, 0.05) is 17.7 Å². The number of amides is 1. The quantitative estimate of drug-likeness (QED) is 0.873. The second-order valence-corrected chi connectivity index (χ2v) is 6.33. The highest BCUT2D eigenvalue weighted by Gasteiger charge is 2.17. The average Bonchev–Trinajstić information content (AvgIpc) is 2.85. The highest BCUT2D eigenvalue weighted by atomic mass is 16.3. The van der Waals surface area contributed by atoms with E-state index >= 15 is 0 Å². The van der Waals surface area contributed by atoms with Crippen LogP contribution in [0.15, 0.2) is 15.3 Å². The summed E-state index contributed by atoms with van der Waals surface area (Å²) in [6.45, 7) is 9.19. The fraction of sp³-hybridized carbons (Fsp3) is 0.421. The first-order valence-corrected chi connectivity index (χ1v) is 8.23. The molecular weight excluding hydrogens is 318 g/mol. The molecule has 0 radical (unpaired) electrons. The van der Waals surface area contributed by atoms with Crippen LogP contribution in [0.1, 0.15) is 58.9 Å². The second kappa shape index (κ2) is 7.39. The molecule has 0 saturated heterocycles. The summed E-state index contributed by atoms with van der Waals surface area (Å²) >= 11 is 0. The van der Waals surface area contributed by atoms with Crippen LogP contribution in [0.5, 0.6) is 0 Å². The predicted octanol–water partition coefficient (Wildman–Crippen LogP) is 2.88. The Morgan fingerprint density at radius 1 is 1.36 bits per heavy atom. The topological polar surface area (TPSA) is 98.9 Å². The summed E-state index contributed by atoms with van der Waals surface area (Å²) in [6.07, 6.45) is 0.740. The predicted molar refractivity (Wildman–Crippen MR) is 94.3 cm³/mol. The number of H-pyrrole nitrogens is 1. The first-order chi connectivity index (χ1) is 11.7. The van der Waals surface area contributed by atoms with E-state index in [2.05, 4.69) is 10.3 Å². The normalized spacial score (nSPS) is 11.8. The van der Waals surface area contributed by atoms with Gasteiger partial charge >= 0.3 is 0 Å². The molecule has 6 heteroatoms. The Bertz CT molecular complexity index is 900. The van der Waals surface area contributed by atoms with Gasteiger partial charge in [0.15, 0.2) is 0 Å². The van der Waals surface area contributed by atoms with Crippen molar-refractivity contribution in [2.45, 2.75) is 53.5 Å². The van der Waals surface area contributed by atoms with Gasteiger partial charge < -0.3 is 14.7 Å². The molecule has 0 fully saturated rings. The van der Waals surface area contributed by atoms with E-state index in [4.69, 9.17) is 9.68 Å². The molecule has 0 aliphatic carbocycles. The van der Waals surface area contributed by atoms with Crippen LogP contribution >= 0.6 is 0 Å². The standard InChI is InChI=1S/C19H23N3O3/c1-10-8-16(14(5)25-10)13(4)21-18(23)7-6-15-11(2)17(9-20)19(24)22-12(15)3/h8,13H,6-7H2,1-5H3,(H,21,23)(H,22,24). The van der Waals surface area contributed by atoms with E-state index in [9.17, 15) is 9.59 Å². The number of hydrogen-bond acceptors (Lipinski definition) is 4. The molecule has 2 aromatic heterocycles. The number of aryl methyl sites for hydroxylation is 3. The van der Waals surface area contributed by atoms with Crippen molar-refractivity contribution in [2.75, 3.05) is 0 Å². The van der Waals surface area contributed by atoms with Gasteiger partial charge in [0.1, 0.15) is 23.2 Å². The number of aromatic amines is 1. The van der Waals surface area contributed by atoms with E-state index < -0.39 is 0 Å². The molecule has 0 spiro atoms. The van der Waals surface area contributed by atoms with E-state index in [0.29, 0.717) is 17.7 Å². The van der Waals surface area contributed by atoms with Gasteiger partial charge in [-0.25, -0.2) is 0 Å². The lowest BCUT2D eigenvalue weighted by Gasteiger charge is -2.14. The lowest BCUT2D eigenvalue weighted by molar-refractivity contribution is -0.121. The zero-order chi connectivity index (χ0) is 18.7. The third kappa shape index (κ3) is 4.00. The maximum atomic E-state index is 12.3. The number of nitrogens with one attached hydrogen (secondary N) is 2. The SMILES string of the molecule is Cc1cc(C(C)NC(=O)CCc2c(C)[nH]c(=O)c(C#N)c2C)c(C)o1. The Morgan fingerprint density at radius 2 is 2.04 bits per heavy atom. The van der Waals surface area contributed by atoms with Gasteiger partial charge in [-0.3, -0.25) is 9.59 Å². The Balaban J connectivity index is 2.07. The minimum Gasteiger partial charge on any atom is -0.466 e. The number of nitrogens with zero attached hydrogens (tertiary/aromatic N) is 1. The average molecular weight is 341 g/mol. The van der Waals surface area contributed by atoms with Gasteiger partial charge in [0.25, 0.3) is 5.56 Å². The van der Waals surface area contributed by atoms with Crippen molar-refractivity contribution in [1.82, 2.24) is 10.3 Å². The highest BCUT2D eigenvalue weighted by Crippen LogP contribution is 2.21. The van der Waals surface area contributed by atoms with Crippen molar-refractivity contribution in [3.05, 3.63) is 55.9 Å². The summed E-state index contributed by atoms with van der Waals surface area (Å²) < 4.78 is 5.50. The van der Waals surface area contributed by atoms with E-state index in [1.807, 2.05) is 32.9 Å². The lowest BCUT2D eigenvalue weighted by Crippen LogP contribution is -2.27. The summed E-state index contributed by atoms with van der Waals surface area (Å²) in [7, 11) is 0. The molecule has 0 aliphatic rings. The van der Waals surface area contributed by atoms with E-state index in [-0.39, 0.29) is 29.5 Å². The minimum atomic E-state index is -0.384. The number of nitriles is 1. The van der Waals surface area contributed by atoms with Crippen LogP contribution in [0.4, 0.5) is 0 Å². The number of hydrogen-bond donors (Lipinski definition) is 2. The Kier molecular flexibility index (Phi) is 5.48. The monoisotopic (exact) mass is 341 g/mol. The Labute approximate surface area is 146 Å². The van der Waals surface area contributed by atoms with Gasteiger partial charge in [-0.15, -0.1) is 0 Å². The first kappa shape index (κ1) is 18.5. The molecule has 0 bridgehead atoms. The third-order valence-electron chi connectivity index (χ3n) is 4.45. The van der Waals surface area contributed by atoms with Crippen molar-refractivity contribution in [3.8, 4) is 6.07 Å². The zero-order valence-corrected chi connectivity index (χ0v) is 15.2. The molecule has 0 saturated carbocycles. The van der Waals surface area contributed by atoms with Crippen molar-refractivity contribution >= 4 is 5.91 Å². The summed E-state index contributed by atoms with van der Waals surface area (Å²) in [6, 6.07) is 3.71. The van der Waals surface area contributed by atoms with Crippen LogP contribution in [-0.4, -0.2) is 10.9 Å². The number of carbonyl (C=O) groups is 1. The minimum absolute atomic E-state index is 0.0886. The smallest absolute Gasteiger partial charge is 0.266 e. The number of pyridine rings is 1. The van der Waals surface area contributed by atoms with E-state index in [0.717, 1.165) is 22.6 Å². The highest BCUT2D eigenvalue weighted by molar-refractivity contribution is 5.76. The maximum absolute atomic E-state index is 12.3. The fourth-order valence-corrected chi connectivity index (χ4v) is 3.13. The van der Waals surface area contributed by atoms with Crippen molar-refractivity contribution in [1.29, 1.82) is 5.26 Å². The summed E-state index contributed by atoms with van der Waals surface area (Å²) in [5.41, 5.74) is 2.88. The number of rotatable bonds is 5. The van der Waals surface area contributed by atoms with Crippen molar-refractivity contribution < 1.29 is 9.21 Å². The fourth-order valence-electron chi connectivity index (χ4n) is 3.13. The van der Waals surface area contributed by atoms with Gasteiger partial charge in [0.05, 0.1) is 6.04 Å². The van der Waals surface area contributed by atoms with Gasteiger partial charge in [-0.05, 0) is 58.2 Å². The first-order valence-electron chi connectivity index (χ1n) is 8.23. The van der Waals surface area contributed by atoms with Crippen molar-refractivity contribution in [3.63, 3.8) is 0 Å². The maximum Gasteiger partial charge on any atom is 0.266 e. The molecule has 132 valence electrons. The van der Waals surface area contributed by atoms with Crippen LogP contribution in [0.25, 0.3) is 0 Å². The van der Waals surface area contributed by atoms with Crippen LogP contribution in [0, 0.1) is 39.0 Å². The molecule has 2 heterocycles. The summed E-state index contributed by atoms with van der Waals surface area (Å²) in [5.74, 6) is 1.53. The molecule has 1 unspecified atom stereocenters. The molecule has 2 N–H and O–H groups in total. The van der Waals surface area contributed by atoms with Gasteiger partial charge in [-0.1, -0.05) is 0 Å². The van der Waals surface area contributed by atoms with Crippen LogP contribution in [0.3, 0.4) is 0 Å². The molecule has 6 nitrogen and oxygen atoms in total. The van der Waals surface area contributed by atoms with Gasteiger partial charge in [-0.2, -0.15) is 5.26 Å². The van der Waals surface area contributed by atoms with Crippen LogP contribution in [0.2, 0.25) is 0 Å². The van der Waals surface area contributed by atoms with Gasteiger partial charge in [0.2, 0.25) is 5.91 Å². The Hall–Kier alpha value is -2.81. The summed E-state index contributed by atoms with van der Waals surface area (Å²) in [4.78, 5) is 26.7. The zero-order valence-electron chi connectivity index (χ0n) is 15.2. The molecule has 2 rings (SSSR count). The lowest BCUT2D eigenvalue weighted by atomic mass is 9.99. The second-order valence-electron chi connectivity index (χ2n) is 6.33. The largest absolute Gasteiger partial charge is 0.466 e. The number of carbonyl (C=O) groups excluding carboxylic acids is 1.